The van der Waals surface area contributed by atoms with Crippen LogP contribution in [0.3, 0.4) is 0 Å². The Morgan fingerprint density at radius 1 is 1.50 bits per heavy atom. The predicted molar refractivity (Wildman–Crippen MR) is 46.2 cm³/mol. The van der Waals surface area contributed by atoms with Gasteiger partial charge in [0.25, 0.3) is 0 Å². The first-order valence-electron chi connectivity index (χ1n) is 3.80. The molecule has 0 spiro atoms. The Labute approximate surface area is 67.9 Å². The van der Waals surface area contributed by atoms with Gasteiger partial charge in [-0.2, -0.15) is 0 Å². The van der Waals surface area contributed by atoms with Crippen molar-refractivity contribution in [1.29, 1.82) is 0 Å². The van der Waals surface area contributed by atoms with Crippen molar-refractivity contribution in [1.82, 2.24) is 0 Å². The van der Waals surface area contributed by atoms with Gasteiger partial charge in [0.05, 0.1) is 0 Å². The topological polar surface area (TPSA) is 52.0 Å². The number of halogens is 1. The lowest BCUT2D eigenvalue weighted by atomic mass is 10.1. The zero-order chi connectivity index (χ0) is 7.98. The summed E-state index contributed by atoms with van der Waals surface area (Å²) in [5, 5.41) is 0.224. The minimum absolute atomic E-state index is 0.187. The average Bonchev–Trinajstić information content (AvgIpc) is 1.88. The first kappa shape index (κ1) is 10.2. The Hall–Kier alpha value is 0.210. The third-order valence-corrected chi connectivity index (χ3v) is 2.03. The van der Waals surface area contributed by atoms with Crippen LogP contribution in [0.2, 0.25) is 0 Å². The van der Waals surface area contributed by atoms with Gasteiger partial charge in [-0.15, -0.1) is 11.6 Å². The maximum absolute atomic E-state index is 5.88. The maximum Gasteiger partial charge on any atom is 0.0348 e. The van der Waals surface area contributed by atoms with E-state index < -0.39 is 0 Å². The zero-order valence-electron chi connectivity index (χ0n) is 6.52. The fourth-order valence-corrected chi connectivity index (χ4v) is 1.06. The lowest BCUT2D eigenvalue weighted by Crippen LogP contribution is -2.26. The summed E-state index contributed by atoms with van der Waals surface area (Å²) in [5.74, 6) is 0. The third kappa shape index (κ3) is 5.03. The average molecular weight is 165 g/mol. The molecule has 0 aliphatic rings. The van der Waals surface area contributed by atoms with E-state index in [0.717, 1.165) is 19.3 Å². The number of rotatable bonds is 5. The number of alkyl halides is 1. The highest BCUT2D eigenvalue weighted by molar-refractivity contribution is 6.20. The van der Waals surface area contributed by atoms with Crippen LogP contribution in [0.25, 0.3) is 0 Å². The molecule has 2 atom stereocenters. The second kappa shape index (κ2) is 5.96. The molecule has 0 fully saturated rings. The largest absolute Gasteiger partial charge is 0.330 e. The van der Waals surface area contributed by atoms with Crippen molar-refractivity contribution in [2.45, 2.75) is 37.6 Å². The standard InChI is InChI=1S/C7H17ClN2/c1-2-6(8)5-7(10)3-4-9/h6-7H,2-5,9-10H2,1H3. The van der Waals surface area contributed by atoms with E-state index in [9.17, 15) is 0 Å². The molecule has 3 heteroatoms. The maximum atomic E-state index is 5.88. The Kier molecular flexibility index (Phi) is 6.08. The predicted octanol–water partition coefficient (Wildman–Crippen LogP) is 1.07. The van der Waals surface area contributed by atoms with Crippen molar-refractivity contribution in [3.05, 3.63) is 0 Å². The Morgan fingerprint density at radius 3 is 2.50 bits per heavy atom. The van der Waals surface area contributed by atoms with E-state index in [-0.39, 0.29) is 11.4 Å². The first-order chi connectivity index (χ1) is 4.70. The van der Waals surface area contributed by atoms with Gasteiger partial charge in [0.15, 0.2) is 0 Å². The molecule has 0 aromatic rings. The van der Waals surface area contributed by atoms with Gasteiger partial charge < -0.3 is 11.5 Å². The van der Waals surface area contributed by atoms with Crippen LogP contribution in [-0.2, 0) is 0 Å². The molecule has 0 rings (SSSR count). The summed E-state index contributed by atoms with van der Waals surface area (Å²) in [6.45, 7) is 2.72. The third-order valence-electron chi connectivity index (χ3n) is 1.54. The Balaban J connectivity index is 3.27. The van der Waals surface area contributed by atoms with Gasteiger partial charge in [0.1, 0.15) is 0 Å². The molecule has 2 nitrogen and oxygen atoms in total. The minimum atomic E-state index is 0.187. The van der Waals surface area contributed by atoms with E-state index in [0.29, 0.717) is 6.54 Å². The van der Waals surface area contributed by atoms with Crippen LogP contribution in [0.5, 0.6) is 0 Å². The monoisotopic (exact) mass is 164 g/mol. The molecular weight excluding hydrogens is 148 g/mol. The normalized spacial score (nSPS) is 16.8. The summed E-state index contributed by atoms with van der Waals surface area (Å²) in [4.78, 5) is 0. The highest BCUT2D eigenvalue weighted by Crippen LogP contribution is 2.09. The summed E-state index contributed by atoms with van der Waals surface area (Å²) in [6.07, 6.45) is 2.75. The summed E-state index contributed by atoms with van der Waals surface area (Å²) < 4.78 is 0. The second-order valence-corrected chi connectivity index (χ2v) is 3.20. The van der Waals surface area contributed by atoms with Crippen molar-refractivity contribution < 1.29 is 0 Å². The number of hydrogen-bond acceptors (Lipinski definition) is 2. The molecule has 62 valence electrons. The lowest BCUT2D eigenvalue weighted by Gasteiger charge is -2.12. The minimum Gasteiger partial charge on any atom is -0.330 e. The summed E-state index contributed by atoms with van der Waals surface area (Å²) in [7, 11) is 0. The molecule has 2 unspecified atom stereocenters. The van der Waals surface area contributed by atoms with E-state index in [1.54, 1.807) is 0 Å². The van der Waals surface area contributed by atoms with Gasteiger partial charge in [-0.05, 0) is 25.8 Å². The SMILES string of the molecule is CCC(Cl)CC(N)CCN. The molecule has 0 aliphatic heterocycles. The molecule has 0 amide bonds. The van der Waals surface area contributed by atoms with Crippen LogP contribution in [0, 0.1) is 0 Å². The smallest absolute Gasteiger partial charge is 0.0348 e. The quantitative estimate of drug-likeness (QED) is 0.598. The van der Waals surface area contributed by atoms with Crippen LogP contribution in [0.15, 0.2) is 0 Å². The molecule has 4 N–H and O–H groups in total. The molecule has 0 saturated carbocycles. The van der Waals surface area contributed by atoms with Gasteiger partial charge in [-0.25, -0.2) is 0 Å². The summed E-state index contributed by atoms with van der Waals surface area (Å²) in [5.41, 5.74) is 11.0. The molecule has 0 aromatic heterocycles. The Bertz CT molecular complexity index is 78.0. The molecule has 0 saturated heterocycles. The van der Waals surface area contributed by atoms with Gasteiger partial charge >= 0.3 is 0 Å². The molecular formula is C7H17ClN2. The van der Waals surface area contributed by atoms with E-state index in [4.69, 9.17) is 23.1 Å². The summed E-state index contributed by atoms with van der Waals surface area (Å²) in [6, 6.07) is 0.187. The second-order valence-electron chi connectivity index (χ2n) is 2.58. The number of hydrogen-bond donors (Lipinski definition) is 2. The van der Waals surface area contributed by atoms with Crippen molar-refractivity contribution in [3.63, 3.8) is 0 Å². The molecule has 0 radical (unpaired) electrons. The van der Waals surface area contributed by atoms with Crippen molar-refractivity contribution in [2.24, 2.45) is 11.5 Å². The van der Waals surface area contributed by atoms with Crippen molar-refractivity contribution in [2.75, 3.05) is 6.54 Å². The summed E-state index contributed by atoms with van der Waals surface area (Å²) >= 11 is 5.88. The van der Waals surface area contributed by atoms with Crippen LogP contribution < -0.4 is 11.5 Å². The molecule has 10 heavy (non-hydrogen) atoms. The first-order valence-corrected chi connectivity index (χ1v) is 4.24. The van der Waals surface area contributed by atoms with Gasteiger partial charge in [-0.1, -0.05) is 6.92 Å². The van der Waals surface area contributed by atoms with Crippen LogP contribution in [0.4, 0.5) is 0 Å². The van der Waals surface area contributed by atoms with E-state index in [1.807, 2.05) is 0 Å². The van der Waals surface area contributed by atoms with Gasteiger partial charge in [0.2, 0.25) is 0 Å². The van der Waals surface area contributed by atoms with Crippen molar-refractivity contribution in [3.8, 4) is 0 Å². The lowest BCUT2D eigenvalue weighted by molar-refractivity contribution is 0.552. The van der Waals surface area contributed by atoms with E-state index in [2.05, 4.69) is 6.92 Å². The van der Waals surface area contributed by atoms with Gasteiger partial charge in [-0.3, -0.25) is 0 Å². The van der Waals surface area contributed by atoms with Crippen LogP contribution in [0.1, 0.15) is 26.2 Å². The van der Waals surface area contributed by atoms with Crippen LogP contribution >= 0.6 is 11.6 Å². The zero-order valence-corrected chi connectivity index (χ0v) is 7.27. The van der Waals surface area contributed by atoms with E-state index >= 15 is 0 Å². The number of nitrogens with two attached hydrogens (primary N) is 2. The fourth-order valence-electron chi connectivity index (χ4n) is 0.827. The molecule has 0 heterocycles. The Morgan fingerprint density at radius 2 is 2.10 bits per heavy atom. The molecule has 0 aliphatic carbocycles. The molecule has 0 bridgehead atoms. The molecule has 0 aromatic carbocycles. The highest BCUT2D eigenvalue weighted by Gasteiger charge is 2.07. The highest BCUT2D eigenvalue weighted by atomic mass is 35.5. The fraction of sp³-hybridized carbons (Fsp3) is 1.00. The van der Waals surface area contributed by atoms with Gasteiger partial charge in [0, 0.05) is 11.4 Å². The van der Waals surface area contributed by atoms with Crippen LogP contribution in [-0.4, -0.2) is 18.0 Å². The van der Waals surface area contributed by atoms with E-state index in [1.165, 1.54) is 0 Å². The van der Waals surface area contributed by atoms with Crippen molar-refractivity contribution >= 4 is 11.6 Å².